The quantitative estimate of drug-likeness (QED) is 0.165. The Morgan fingerprint density at radius 1 is 1.23 bits per heavy atom. The van der Waals surface area contributed by atoms with Crippen molar-refractivity contribution < 1.29 is 37.4 Å². The first-order valence-electron chi connectivity index (χ1n) is 13.2. The van der Waals surface area contributed by atoms with E-state index >= 15 is 0 Å². The van der Waals surface area contributed by atoms with Gasteiger partial charge in [-0.2, -0.15) is 10.2 Å². The second-order valence-corrected chi connectivity index (χ2v) is 16.2. The van der Waals surface area contributed by atoms with E-state index < -0.39 is 50.2 Å². The van der Waals surface area contributed by atoms with Crippen LogP contribution in [0.4, 0.5) is 11.8 Å². The molecule has 5 heterocycles. The molecule has 22 heteroatoms. The molecule has 44 heavy (non-hydrogen) atoms. The number of nitrogens with zero attached hydrogens (tertiary/aromatic N) is 6. The van der Waals surface area contributed by atoms with Gasteiger partial charge in [-0.15, -0.1) is 0 Å². The number of anilines is 2. The number of nitriles is 1. The summed E-state index contributed by atoms with van der Waals surface area (Å²) in [4.78, 5) is 41.7. The molecule has 3 aromatic heterocycles. The molecule has 2 bridgehead atoms. The Morgan fingerprint density at radius 2 is 1.95 bits per heavy atom. The zero-order valence-electron chi connectivity index (χ0n) is 22.6. The number of nitrogens with two attached hydrogens (primary N) is 1. The molecule has 1 aliphatic carbocycles. The predicted molar refractivity (Wildman–Crippen MR) is 159 cm³/mol. The number of aromatic amines is 1. The lowest BCUT2D eigenvalue weighted by atomic mass is 9.98. The molecule has 6 rings (SSSR count). The number of aliphatic hydroxyl groups is 1. The maximum absolute atomic E-state index is 13.5. The Bertz CT molecular complexity index is 1760. The molecule has 18 nitrogen and oxygen atoms in total. The number of thiol groups is 1. The van der Waals surface area contributed by atoms with Gasteiger partial charge in [-0.1, -0.05) is 12.2 Å². The maximum Gasteiger partial charge on any atom is 0.386 e. The van der Waals surface area contributed by atoms with Gasteiger partial charge in [0.15, 0.2) is 17.4 Å². The zero-order chi connectivity index (χ0) is 31.2. The number of hydrogen-bond donors (Lipinski definition) is 6. The third kappa shape index (κ3) is 6.55. The Morgan fingerprint density at radius 3 is 2.70 bits per heavy atom. The molecule has 6 N–H and O–H groups in total. The van der Waals surface area contributed by atoms with Crippen LogP contribution in [0.25, 0.3) is 11.2 Å². The average molecular weight is 688 g/mol. The largest absolute Gasteiger partial charge is 0.387 e. The van der Waals surface area contributed by atoms with Crippen LogP contribution in [0.1, 0.15) is 24.6 Å². The molecule has 3 aromatic rings. The van der Waals surface area contributed by atoms with Gasteiger partial charge in [-0.05, 0) is 36.5 Å². The predicted octanol–water partition coefficient (Wildman–Crippen LogP) is 0.832. The van der Waals surface area contributed by atoms with Gasteiger partial charge >= 0.3 is 13.5 Å². The van der Waals surface area contributed by atoms with Crippen LogP contribution >= 0.6 is 25.8 Å². The number of rotatable bonds is 3. The Balaban J connectivity index is 1.27. The molecule has 0 aromatic carbocycles. The van der Waals surface area contributed by atoms with Gasteiger partial charge in [0.25, 0.3) is 5.56 Å². The van der Waals surface area contributed by atoms with Crippen molar-refractivity contribution in [1.82, 2.24) is 29.5 Å². The standard InChI is InChI=1S/C22H27N9O9P2S2/c23-3-12-4-25-8-26-18(12)28-13-1-10-5-36-41(34,43)38-7-14-16(32)17(40-42(35,44)37-6-11(10)2-13)21(39-14)31-9-27-15-19(31)29-22(24)30-20(15)33/h4,8-11,13-14,16-17,21,32H,1-2,5-7H2,(H,34,43)(H,35,44)(H,25,26,28)(H3,24,29,30,33)/t10-,11-,13+,14-,16-,17-,21-,41?,42?/m1/s1. The molecule has 0 spiro atoms. The maximum atomic E-state index is 13.5. The Hall–Kier alpha value is -2.53. The second-order valence-electron chi connectivity index (χ2n) is 10.5. The highest BCUT2D eigenvalue weighted by Crippen LogP contribution is 2.58. The lowest BCUT2D eigenvalue weighted by molar-refractivity contribution is -0.0472. The first kappa shape index (κ1) is 31.5. The highest BCUT2D eigenvalue weighted by Gasteiger charge is 2.50. The van der Waals surface area contributed by atoms with Crippen LogP contribution in [-0.2, 0) is 39.2 Å². The molecule has 9 atom stereocenters. The zero-order valence-corrected chi connectivity index (χ0v) is 26.1. The van der Waals surface area contributed by atoms with Crippen molar-refractivity contribution in [1.29, 1.82) is 5.26 Å². The van der Waals surface area contributed by atoms with E-state index in [1.54, 1.807) is 0 Å². The van der Waals surface area contributed by atoms with Gasteiger partial charge in [0.05, 0.1) is 32.3 Å². The van der Waals surface area contributed by atoms with Crippen LogP contribution in [0.5, 0.6) is 0 Å². The number of hydrogen-bond acceptors (Lipinski definition) is 16. The molecule has 2 saturated heterocycles. The van der Waals surface area contributed by atoms with E-state index in [-0.39, 0.29) is 53.8 Å². The van der Waals surface area contributed by atoms with Crippen molar-refractivity contribution in [2.45, 2.75) is 43.4 Å². The van der Waals surface area contributed by atoms with Gasteiger partial charge in [-0.3, -0.25) is 18.9 Å². The summed E-state index contributed by atoms with van der Waals surface area (Å²) >= 11 is 9.40. The fourth-order valence-corrected chi connectivity index (χ4v) is 8.21. The summed E-state index contributed by atoms with van der Waals surface area (Å²) in [5, 5.41) is 23.8. The van der Waals surface area contributed by atoms with Crippen molar-refractivity contribution in [2.24, 2.45) is 11.8 Å². The average Bonchev–Trinajstić information content (AvgIpc) is 3.65. The molecule has 3 fully saturated rings. The summed E-state index contributed by atoms with van der Waals surface area (Å²) in [5.74, 6) is -0.360. The minimum atomic E-state index is -4.16. The van der Waals surface area contributed by atoms with Gasteiger partial charge in [0.2, 0.25) is 5.95 Å². The molecular weight excluding hydrogens is 660 g/mol. The molecule has 236 valence electrons. The number of aromatic nitrogens is 6. The van der Waals surface area contributed by atoms with E-state index in [1.807, 2.05) is 6.07 Å². The summed E-state index contributed by atoms with van der Waals surface area (Å²) in [7, 11) is 0. The van der Waals surface area contributed by atoms with Crippen molar-refractivity contribution in [3.05, 3.63) is 34.8 Å². The topological polar surface area (TPSA) is 255 Å². The van der Waals surface area contributed by atoms with Crippen molar-refractivity contribution >= 4 is 60.5 Å². The number of ether oxygens (including phenoxy) is 1. The number of nitrogens with one attached hydrogen (secondary N) is 2. The number of H-pyrrole nitrogens is 1. The fourth-order valence-electron chi connectivity index (χ4n) is 5.55. The van der Waals surface area contributed by atoms with Gasteiger partial charge in [0, 0.05) is 6.04 Å². The van der Waals surface area contributed by atoms with E-state index in [2.05, 4.69) is 42.5 Å². The lowest BCUT2D eigenvalue weighted by Gasteiger charge is -2.27. The van der Waals surface area contributed by atoms with Gasteiger partial charge < -0.3 is 39.4 Å². The van der Waals surface area contributed by atoms with Crippen molar-refractivity contribution in [3.8, 4) is 6.07 Å². The Kier molecular flexibility index (Phi) is 8.82. The van der Waals surface area contributed by atoms with Crippen LogP contribution in [0, 0.1) is 23.2 Å². The summed E-state index contributed by atoms with van der Waals surface area (Å²) in [6, 6.07) is 1.85. The minimum Gasteiger partial charge on any atom is -0.387 e. The molecule has 2 unspecified atom stereocenters. The second kappa shape index (κ2) is 12.3. The first-order valence-corrected chi connectivity index (χ1v) is 18.5. The van der Waals surface area contributed by atoms with Crippen LogP contribution < -0.4 is 16.6 Å². The summed E-state index contributed by atoms with van der Waals surface area (Å²) in [6.07, 6.45) is -0.351. The molecule has 0 radical (unpaired) electrons. The Labute approximate surface area is 259 Å². The molecule has 2 aliphatic heterocycles. The van der Waals surface area contributed by atoms with E-state index in [9.17, 15) is 24.6 Å². The monoisotopic (exact) mass is 687 g/mol. The molecular formula is C22H27N9O9P2S2. The van der Waals surface area contributed by atoms with Crippen LogP contribution in [-0.4, -0.2) is 83.7 Å². The van der Waals surface area contributed by atoms with E-state index in [0.717, 1.165) is 0 Å². The summed E-state index contributed by atoms with van der Waals surface area (Å²) in [5.41, 5.74) is 5.33. The van der Waals surface area contributed by atoms with E-state index in [0.29, 0.717) is 18.7 Å². The third-order valence-electron chi connectivity index (χ3n) is 7.61. The normalized spacial score (nSPS) is 36.4. The van der Waals surface area contributed by atoms with Crippen molar-refractivity contribution in [2.75, 3.05) is 30.9 Å². The van der Waals surface area contributed by atoms with E-state index in [4.69, 9.17) is 40.4 Å². The molecule has 3 aliphatic rings. The number of imidazole rings is 1. The number of fused-ring (bicyclic) bond motifs is 4. The summed E-state index contributed by atoms with van der Waals surface area (Å²) in [6.45, 7) is -8.52. The summed E-state index contributed by atoms with van der Waals surface area (Å²) < 4.78 is 43.5. The number of nitrogen functional groups attached to an aromatic ring is 1. The first-order chi connectivity index (χ1) is 20.9. The third-order valence-corrected chi connectivity index (χ3v) is 10.8. The highest BCUT2D eigenvalue weighted by molar-refractivity contribution is 8.44. The minimum absolute atomic E-state index is 0.0117. The molecule has 1 saturated carbocycles. The van der Waals surface area contributed by atoms with Crippen LogP contribution in [0.3, 0.4) is 0 Å². The lowest BCUT2D eigenvalue weighted by Crippen LogP contribution is -2.35. The van der Waals surface area contributed by atoms with E-state index in [1.165, 1.54) is 23.4 Å². The SMILES string of the molecule is N#Cc1cncnc1N[C@@H]1C[C@@H]2COP(=O)(S)O[C@@H]3[C@H](O)[C@@H](COP(O)(=S)OC[C@H]2C1)O[C@H]3n1cnc2c(=O)[nH]c(N)nc21. The van der Waals surface area contributed by atoms with Crippen LogP contribution in [0.2, 0.25) is 0 Å². The van der Waals surface area contributed by atoms with Gasteiger partial charge in [0.1, 0.15) is 42.1 Å². The smallest absolute Gasteiger partial charge is 0.386 e. The fraction of sp³-hybridized carbons (Fsp3) is 0.545. The number of aliphatic hydroxyl groups excluding tert-OH is 1. The van der Waals surface area contributed by atoms with Crippen molar-refractivity contribution in [3.63, 3.8) is 0 Å². The van der Waals surface area contributed by atoms with Crippen LogP contribution in [0.15, 0.2) is 23.6 Å². The van der Waals surface area contributed by atoms with Gasteiger partial charge in [-0.25, -0.2) is 19.5 Å². The highest BCUT2D eigenvalue weighted by atomic mass is 32.7. The molecule has 0 amide bonds.